The van der Waals surface area contributed by atoms with Gasteiger partial charge in [0.15, 0.2) is 15.6 Å². The second-order valence-corrected chi connectivity index (χ2v) is 12.9. The lowest BCUT2D eigenvalue weighted by Crippen LogP contribution is -2.29. The zero-order valence-corrected chi connectivity index (χ0v) is 25.4. The number of sulfone groups is 1. The second kappa shape index (κ2) is 14.2. The van der Waals surface area contributed by atoms with Gasteiger partial charge in [-0.25, -0.2) is 8.42 Å². The molecule has 3 aromatic carbocycles. The van der Waals surface area contributed by atoms with E-state index in [1.807, 2.05) is 95.3 Å². The van der Waals surface area contributed by atoms with Gasteiger partial charge in [0, 0.05) is 23.3 Å². The lowest BCUT2D eigenvalue weighted by molar-refractivity contribution is -0.125. The van der Waals surface area contributed by atoms with Gasteiger partial charge in [-0.2, -0.15) is 0 Å². The molecule has 4 rings (SSSR count). The maximum Gasteiger partial charge on any atom is 0.179 e. The van der Waals surface area contributed by atoms with Crippen molar-refractivity contribution in [1.29, 1.82) is 0 Å². The first-order valence-corrected chi connectivity index (χ1v) is 15.5. The van der Waals surface area contributed by atoms with Gasteiger partial charge in [0.25, 0.3) is 0 Å². The van der Waals surface area contributed by atoms with E-state index in [1.54, 1.807) is 31.2 Å². The molecule has 0 N–H and O–H groups in total. The monoisotopic (exact) mass is 573 g/mol. The normalized spacial score (nSPS) is 12.1. The van der Waals surface area contributed by atoms with Crippen LogP contribution in [0.1, 0.15) is 54.9 Å². The fraction of sp³-hybridized carbons (Fsp3) is 0.324. The van der Waals surface area contributed by atoms with Crippen LogP contribution in [0.15, 0.2) is 94.3 Å². The van der Waals surface area contributed by atoms with Gasteiger partial charge in [0.2, 0.25) is 0 Å². The van der Waals surface area contributed by atoms with E-state index < -0.39 is 15.8 Å². The molecular weight excluding hydrogens is 534 g/mol. The van der Waals surface area contributed by atoms with Crippen LogP contribution in [0.2, 0.25) is 0 Å². The molecule has 0 aliphatic rings. The standard InChI is InChI=1S/C20H24O3S.C14H15NO2/c1-15(2)20(21)18(13-17-7-5-4-6-8-17)14-24(22,23)19-11-9-16(3)10-12-19;1-9(2)14(16)12-10(3)17-15-13(12)11-7-5-4-6-8-11/h4-12,15,18H,13-14H2,1-3H3;4-9H,1-3H3. The largest absolute Gasteiger partial charge is 0.360 e. The Morgan fingerprint density at radius 3 is 1.88 bits per heavy atom. The van der Waals surface area contributed by atoms with Crippen molar-refractivity contribution in [2.24, 2.45) is 17.8 Å². The first-order valence-electron chi connectivity index (χ1n) is 13.8. The van der Waals surface area contributed by atoms with E-state index in [-0.39, 0.29) is 34.1 Å². The number of carbonyl (C=O) groups is 2. The summed E-state index contributed by atoms with van der Waals surface area (Å²) < 4.78 is 30.6. The maximum absolute atomic E-state index is 12.7. The predicted octanol–water partition coefficient (Wildman–Crippen LogP) is 7.34. The average molecular weight is 574 g/mol. The third-order valence-electron chi connectivity index (χ3n) is 6.78. The highest BCUT2D eigenvalue weighted by atomic mass is 32.2. The lowest BCUT2D eigenvalue weighted by Gasteiger charge is -2.18. The highest BCUT2D eigenvalue weighted by molar-refractivity contribution is 7.91. The van der Waals surface area contributed by atoms with E-state index >= 15 is 0 Å². The first kappa shape index (κ1) is 31.7. The molecule has 0 aliphatic carbocycles. The number of nitrogens with zero attached hydrogens (tertiary/aromatic N) is 1. The Labute approximate surface area is 243 Å². The van der Waals surface area contributed by atoms with Crippen molar-refractivity contribution in [3.8, 4) is 11.3 Å². The Morgan fingerprint density at radius 2 is 1.34 bits per heavy atom. The number of benzene rings is 3. The summed E-state index contributed by atoms with van der Waals surface area (Å²) in [6, 6.07) is 26.0. The van der Waals surface area contributed by atoms with E-state index in [4.69, 9.17) is 4.52 Å². The van der Waals surface area contributed by atoms with Gasteiger partial charge < -0.3 is 4.52 Å². The van der Waals surface area contributed by atoms with Crippen molar-refractivity contribution in [2.45, 2.75) is 52.9 Å². The Balaban J connectivity index is 0.000000239. The number of hydrogen-bond donors (Lipinski definition) is 0. The summed E-state index contributed by atoms with van der Waals surface area (Å²) in [6.45, 7) is 11.1. The zero-order chi connectivity index (χ0) is 30.2. The third-order valence-corrected chi connectivity index (χ3v) is 8.61. The number of hydrogen-bond acceptors (Lipinski definition) is 6. The maximum atomic E-state index is 12.7. The summed E-state index contributed by atoms with van der Waals surface area (Å²) in [5.74, 6) is -0.275. The van der Waals surface area contributed by atoms with Crippen LogP contribution in [0.25, 0.3) is 11.3 Å². The molecule has 0 radical (unpaired) electrons. The van der Waals surface area contributed by atoms with E-state index in [0.717, 1.165) is 16.7 Å². The smallest absolute Gasteiger partial charge is 0.179 e. The van der Waals surface area contributed by atoms with Crippen molar-refractivity contribution in [3.63, 3.8) is 0 Å². The molecule has 0 aliphatic heterocycles. The molecule has 0 bridgehead atoms. The minimum Gasteiger partial charge on any atom is -0.360 e. The first-order chi connectivity index (χ1) is 19.4. The second-order valence-electron chi connectivity index (χ2n) is 10.9. The molecule has 41 heavy (non-hydrogen) atoms. The summed E-state index contributed by atoms with van der Waals surface area (Å²) in [4.78, 5) is 24.9. The van der Waals surface area contributed by atoms with Gasteiger partial charge in [-0.1, -0.05) is 111 Å². The zero-order valence-electron chi connectivity index (χ0n) is 24.6. The van der Waals surface area contributed by atoms with Gasteiger partial charge in [0.1, 0.15) is 17.2 Å². The molecule has 0 saturated heterocycles. The van der Waals surface area contributed by atoms with E-state index in [0.29, 0.717) is 23.4 Å². The minimum absolute atomic E-state index is 0.00506. The number of ketones is 2. The fourth-order valence-electron chi connectivity index (χ4n) is 4.46. The fourth-order valence-corrected chi connectivity index (χ4v) is 6.02. The summed E-state index contributed by atoms with van der Waals surface area (Å²) in [6.07, 6.45) is 0.447. The molecule has 4 aromatic rings. The highest BCUT2D eigenvalue weighted by Crippen LogP contribution is 2.27. The molecule has 1 atom stereocenters. The van der Waals surface area contributed by atoms with Crippen LogP contribution in [-0.2, 0) is 21.1 Å². The molecule has 0 spiro atoms. The number of aromatic nitrogens is 1. The molecule has 0 amide bonds. The van der Waals surface area contributed by atoms with Crippen LogP contribution >= 0.6 is 0 Å². The van der Waals surface area contributed by atoms with Crippen LogP contribution in [0.5, 0.6) is 0 Å². The number of Topliss-reactive ketones (excluding diaryl/α,β-unsaturated/α-hetero) is 2. The van der Waals surface area contributed by atoms with Crippen molar-refractivity contribution in [3.05, 3.63) is 107 Å². The molecule has 1 heterocycles. The molecule has 6 nitrogen and oxygen atoms in total. The Kier molecular flexibility index (Phi) is 11.0. The molecule has 0 saturated carbocycles. The third kappa shape index (κ3) is 8.57. The number of carbonyl (C=O) groups excluding carboxylic acids is 2. The van der Waals surface area contributed by atoms with Crippen LogP contribution in [0.4, 0.5) is 0 Å². The summed E-state index contributed by atoms with van der Waals surface area (Å²) in [7, 11) is -3.50. The summed E-state index contributed by atoms with van der Waals surface area (Å²) >= 11 is 0. The molecule has 0 fully saturated rings. The summed E-state index contributed by atoms with van der Waals surface area (Å²) in [5.41, 5.74) is 4.14. The SMILES string of the molecule is Cc1ccc(S(=O)(=O)CC(Cc2ccccc2)C(=O)C(C)C)cc1.Cc1onc(-c2ccccc2)c1C(=O)C(C)C. The highest BCUT2D eigenvalue weighted by Gasteiger charge is 2.28. The van der Waals surface area contributed by atoms with E-state index in [2.05, 4.69) is 5.16 Å². The molecule has 7 heteroatoms. The molecule has 216 valence electrons. The average Bonchev–Trinajstić information content (AvgIpc) is 3.34. The van der Waals surface area contributed by atoms with Gasteiger partial charge in [0.05, 0.1) is 16.2 Å². The van der Waals surface area contributed by atoms with Crippen molar-refractivity contribution < 1.29 is 22.5 Å². The van der Waals surface area contributed by atoms with E-state index in [9.17, 15) is 18.0 Å². The molecule has 1 aromatic heterocycles. The number of rotatable bonds is 10. The Bertz CT molecular complexity index is 1540. The Morgan fingerprint density at radius 1 is 0.780 bits per heavy atom. The predicted molar refractivity (Wildman–Crippen MR) is 163 cm³/mol. The van der Waals surface area contributed by atoms with Crippen LogP contribution in [0, 0.1) is 31.6 Å². The van der Waals surface area contributed by atoms with Crippen molar-refractivity contribution in [2.75, 3.05) is 5.75 Å². The van der Waals surface area contributed by atoms with E-state index in [1.165, 1.54) is 0 Å². The topological polar surface area (TPSA) is 94.3 Å². The van der Waals surface area contributed by atoms with Gasteiger partial charge in [-0.05, 0) is 38.0 Å². The van der Waals surface area contributed by atoms with Crippen molar-refractivity contribution in [1.82, 2.24) is 5.16 Å². The summed E-state index contributed by atoms with van der Waals surface area (Å²) in [5, 5.41) is 3.99. The van der Waals surface area contributed by atoms with Crippen LogP contribution in [0.3, 0.4) is 0 Å². The van der Waals surface area contributed by atoms with Gasteiger partial charge in [-0.15, -0.1) is 0 Å². The van der Waals surface area contributed by atoms with Crippen LogP contribution in [-0.4, -0.2) is 30.9 Å². The quantitative estimate of drug-likeness (QED) is 0.184. The number of aryl methyl sites for hydroxylation is 2. The van der Waals surface area contributed by atoms with Gasteiger partial charge >= 0.3 is 0 Å². The molecule has 1 unspecified atom stereocenters. The Hall–Kier alpha value is -3.84. The van der Waals surface area contributed by atoms with Crippen LogP contribution < -0.4 is 0 Å². The van der Waals surface area contributed by atoms with Gasteiger partial charge in [-0.3, -0.25) is 9.59 Å². The minimum atomic E-state index is -3.50. The molecular formula is C34H39NO5S. The van der Waals surface area contributed by atoms with Crippen molar-refractivity contribution >= 4 is 21.4 Å². The lowest BCUT2D eigenvalue weighted by atomic mass is 9.91.